The van der Waals surface area contributed by atoms with Gasteiger partial charge in [-0.05, 0) is 66.3 Å². The minimum Gasteiger partial charge on any atom is -0.454 e. The van der Waals surface area contributed by atoms with Crippen molar-refractivity contribution in [1.29, 1.82) is 0 Å². The number of anilines is 1. The van der Waals surface area contributed by atoms with Gasteiger partial charge in [0.2, 0.25) is 16.8 Å². The lowest BCUT2D eigenvalue weighted by atomic mass is 10.1. The molecule has 3 aromatic rings. The predicted molar refractivity (Wildman–Crippen MR) is 156 cm³/mol. The summed E-state index contributed by atoms with van der Waals surface area (Å²) in [6, 6.07) is 11.5. The number of nitrogens with zero attached hydrogens (tertiary/aromatic N) is 1. The molecular weight excluding hydrogens is 550 g/mol. The molecule has 0 saturated heterocycles. The van der Waals surface area contributed by atoms with Gasteiger partial charge in [-0.2, -0.15) is 4.31 Å². The quantitative estimate of drug-likeness (QED) is 0.325. The van der Waals surface area contributed by atoms with Crippen LogP contribution in [0.1, 0.15) is 64.4 Å². The third kappa shape index (κ3) is 6.48. The number of amides is 2. The SMILES string of the molecule is Cc1c(Cc2ccc3c(c2)OCO3)sc(NC(=O)c2ccc(S(=O)(=O)N(CC(C)C)CC(C)C)cc2)c1C(N)=O. The van der Waals surface area contributed by atoms with Gasteiger partial charge >= 0.3 is 0 Å². The normalized spacial score (nSPS) is 12.9. The van der Waals surface area contributed by atoms with Gasteiger partial charge in [0.15, 0.2) is 11.5 Å². The molecule has 0 aliphatic carbocycles. The van der Waals surface area contributed by atoms with Crippen LogP contribution in [0.2, 0.25) is 0 Å². The Labute approximate surface area is 239 Å². The minimum atomic E-state index is -3.72. The Morgan fingerprint density at radius 3 is 2.23 bits per heavy atom. The van der Waals surface area contributed by atoms with Crippen molar-refractivity contribution in [3.63, 3.8) is 0 Å². The Morgan fingerprint density at radius 1 is 1.00 bits per heavy atom. The maximum atomic E-state index is 13.3. The molecule has 1 aromatic heterocycles. The van der Waals surface area contributed by atoms with Crippen LogP contribution >= 0.6 is 11.3 Å². The maximum absolute atomic E-state index is 13.3. The van der Waals surface area contributed by atoms with E-state index in [1.54, 1.807) is 6.92 Å². The molecule has 0 radical (unpaired) electrons. The van der Waals surface area contributed by atoms with Crippen LogP contribution in [0, 0.1) is 18.8 Å². The van der Waals surface area contributed by atoms with E-state index < -0.39 is 21.8 Å². The minimum absolute atomic E-state index is 0.126. The van der Waals surface area contributed by atoms with Gasteiger partial charge in [-0.1, -0.05) is 33.8 Å². The Morgan fingerprint density at radius 2 is 1.62 bits per heavy atom. The van der Waals surface area contributed by atoms with Gasteiger partial charge < -0.3 is 20.5 Å². The van der Waals surface area contributed by atoms with Gasteiger partial charge in [-0.15, -0.1) is 11.3 Å². The number of hydrogen-bond donors (Lipinski definition) is 2. The lowest BCUT2D eigenvalue weighted by molar-refractivity contribution is 0.100. The molecule has 0 unspecified atom stereocenters. The molecule has 11 heteroatoms. The molecule has 0 spiro atoms. The number of thiophene rings is 1. The predicted octanol–water partition coefficient (Wildman–Crippen LogP) is 5.03. The second-order valence-corrected chi connectivity index (χ2v) is 13.7. The van der Waals surface area contributed by atoms with Crippen LogP contribution in [0.4, 0.5) is 5.00 Å². The Hall–Kier alpha value is -3.41. The van der Waals surface area contributed by atoms with Crippen molar-refractivity contribution in [2.24, 2.45) is 17.6 Å². The number of sulfonamides is 1. The van der Waals surface area contributed by atoms with Crippen LogP contribution in [0.5, 0.6) is 11.5 Å². The number of rotatable bonds is 11. The highest BCUT2D eigenvalue weighted by Crippen LogP contribution is 2.37. The van der Waals surface area contributed by atoms with Crippen molar-refractivity contribution in [3.8, 4) is 11.5 Å². The fourth-order valence-electron chi connectivity index (χ4n) is 4.54. The highest BCUT2D eigenvalue weighted by atomic mass is 32.2. The molecule has 40 heavy (non-hydrogen) atoms. The van der Waals surface area contributed by atoms with Crippen molar-refractivity contribution < 1.29 is 27.5 Å². The van der Waals surface area contributed by atoms with E-state index in [0.717, 1.165) is 10.4 Å². The third-order valence-electron chi connectivity index (χ3n) is 6.41. The van der Waals surface area contributed by atoms with Crippen LogP contribution in [0.15, 0.2) is 47.4 Å². The van der Waals surface area contributed by atoms with E-state index in [-0.39, 0.29) is 34.7 Å². The Balaban J connectivity index is 1.54. The number of hydrogen-bond acceptors (Lipinski definition) is 7. The van der Waals surface area contributed by atoms with Crippen molar-refractivity contribution in [2.45, 2.75) is 45.9 Å². The van der Waals surface area contributed by atoms with Crippen LogP contribution in [0.25, 0.3) is 0 Å². The van der Waals surface area contributed by atoms with Gasteiger partial charge in [-0.25, -0.2) is 8.42 Å². The molecule has 2 amide bonds. The molecule has 9 nitrogen and oxygen atoms in total. The average Bonchev–Trinajstić information content (AvgIpc) is 3.46. The van der Waals surface area contributed by atoms with E-state index in [9.17, 15) is 18.0 Å². The second-order valence-electron chi connectivity index (χ2n) is 10.7. The Bertz CT molecular complexity index is 1500. The summed E-state index contributed by atoms with van der Waals surface area (Å²) in [6.45, 7) is 10.7. The summed E-state index contributed by atoms with van der Waals surface area (Å²) in [6.07, 6.45) is 0.513. The van der Waals surface area contributed by atoms with Gasteiger partial charge in [-0.3, -0.25) is 9.59 Å². The first-order valence-electron chi connectivity index (χ1n) is 13.1. The number of carbonyl (C=O) groups excluding carboxylic acids is 2. The first kappa shape index (κ1) is 29.6. The molecule has 1 aliphatic rings. The monoisotopic (exact) mass is 585 g/mol. The topological polar surface area (TPSA) is 128 Å². The molecule has 2 aromatic carbocycles. The molecule has 0 atom stereocenters. The van der Waals surface area contributed by atoms with Gasteiger partial charge in [0.05, 0.1) is 10.5 Å². The molecule has 3 N–H and O–H groups in total. The zero-order valence-corrected chi connectivity index (χ0v) is 24.9. The standard InChI is InChI=1S/C29H35N3O6S2/c1-17(2)14-32(15-18(3)4)40(35,36)22-9-7-21(8-10-22)28(34)31-29-26(27(30)33)19(5)25(39-29)13-20-6-11-23-24(12-20)38-16-37-23/h6-12,17-18H,13-16H2,1-5H3,(H2,30,33)(H,31,34). The number of primary amides is 1. The van der Waals surface area contributed by atoms with E-state index >= 15 is 0 Å². The van der Waals surface area contributed by atoms with E-state index in [0.29, 0.717) is 41.6 Å². The van der Waals surface area contributed by atoms with Crippen molar-refractivity contribution in [2.75, 3.05) is 25.2 Å². The zero-order chi connectivity index (χ0) is 29.2. The number of nitrogens with two attached hydrogens (primary N) is 1. The molecule has 0 bridgehead atoms. The molecular formula is C29H35N3O6S2. The summed E-state index contributed by atoms with van der Waals surface area (Å²) in [4.78, 5) is 26.5. The molecule has 1 aliphatic heterocycles. The van der Waals surface area contributed by atoms with E-state index in [4.69, 9.17) is 15.2 Å². The molecule has 0 fully saturated rings. The summed E-state index contributed by atoms with van der Waals surface area (Å²) in [5.41, 5.74) is 7.86. The fraction of sp³-hybridized carbons (Fsp3) is 0.379. The average molecular weight is 586 g/mol. The first-order chi connectivity index (χ1) is 18.9. The van der Waals surface area contributed by atoms with Gasteiger partial charge in [0.1, 0.15) is 5.00 Å². The highest BCUT2D eigenvalue weighted by molar-refractivity contribution is 7.89. The fourth-order valence-corrected chi connectivity index (χ4v) is 7.54. The molecule has 2 heterocycles. The largest absolute Gasteiger partial charge is 0.454 e. The van der Waals surface area contributed by atoms with Crippen LogP contribution in [0.3, 0.4) is 0 Å². The van der Waals surface area contributed by atoms with E-state index in [1.807, 2.05) is 45.9 Å². The molecule has 4 rings (SSSR count). The summed E-state index contributed by atoms with van der Waals surface area (Å²) in [7, 11) is -3.72. The van der Waals surface area contributed by atoms with E-state index in [2.05, 4.69) is 5.32 Å². The Kier molecular flexibility index (Phi) is 8.86. The lowest BCUT2D eigenvalue weighted by Gasteiger charge is -2.25. The number of ether oxygens (including phenoxy) is 2. The number of benzene rings is 2. The first-order valence-corrected chi connectivity index (χ1v) is 15.3. The van der Waals surface area contributed by atoms with Gasteiger partial charge in [0, 0.05) is 30.0 Å². The van der Waals surface area contributed by atoms with Crippen molar-refractivity contribution >= 4 is 38.2 Å². The third-order valence-corrected chi connectivity index (χ3v) is 9.47. The summed E-state index contributed by atoms with van der Waals surface area (Å²) < 4.78 is 38.9. The molecule has 214 valence electrons. The van der Waals surface area contributed by atoms with Crippen molar-refractivity contribution in [3.05, 3.63) is 69.6 Å². The maximum Gasteiger partial charge on any atom is 0.256 e. The summed E-state index contributed by atoms with van der Waals surface area (Å²) in [5, 5.41) is 3.15. The second kappa shape index (κ2) is 12.0. The van der Waals surface area contributed by atoms with Crippen LogP contribution in [-0.4, -0.2) is 44.4 Å². The molecule has 0 saturated carbocycles. The number of fused-ring (bicyclic) bond motifs is 1. The van der Waals surface area contributed by atoms with Crippen molar-refractivity contribution in [1.82, 2.24) is 4.31 Å². The van der Waals surface area contributed by atoms with Crippen LogP contribution < -0.4 is 20.5 Å². The van der Waals surface area contributed by atoms with E-state index in [1.165, 1.54) is 39.9 Å². The summed E-state index contributed by atoms with van der Waals surface area (Å²) >= 11 is 1.28. The summed E-state index contributed by atoms with van der Waals surface area (Å²) in [5.74, 6) is 0.576. The van der Waals surface area contributed by atoms with Crippen LogP contribution in [-0.2, 0) is 16.4 Å². The van der Waals surface area contributed by atoms with Gasteiger partial charge in [0.25, 0.3) is 11.8 Å². The zero-order valence-electron chi connectivity index (χ0n) is 23.3. The highest BCUT2D eigenvalue weighted by Gasteiger charge is 2.27. The lowest BCUT2D eigenvalue weighted by Crippen LogP contribution is -2.37. The number of nitrogens with one attached hydrogen (secondary N) is 1. The number of carbonyl (C=O) groups is 2. The smallest absolute Gasteiger partial charge is 0.256 e.